The van der Waals surface area contributed by atoms with Gasteiger partial charge in [-0.25, -0.2) is 0 Å². The first-order valence-electron chi connectivity index (χ1n) is 4.02. The molecular formula is C7H22Cl3N3. The van der Waals surface area contributed by atoms with E-state index in [9.17, 15) is 0 Å². The average molecular weight is 259 g/mol. The zero-order valence-corrected chi connectivity index (χ0v) is 10.3. The maximum absolute atomic E-state index is 5.32. The Hall–Kier alpha value is 0.750. The number of hydrogen-bond donors (Lipinski definition) is 3. The lowest BCUT2D eigenvalue weighted by molar-refractivity contribution is 0.611. The number of nitrogens with two attached hydrogens (primary N) is 2. The van der Waals surface area contributed by atoms with Crippen LogP contribution >= 0.6 is 37.2 Å². The Kier molecular flexibility index (Phi) is 41.6. The summed E-state index contributed by atoms with van der Waals surface area (Å²) in [7, 11) is 0. The lowest BCUT2D eigenvalue weighted by Crippen LogP contribution is -2.19. The summed E-state index contributed by atoms with van der Waals surface area (Å²) in [6.45, 7) is 3.71. The predicted octanol–water partition coefficient (Wildman–Crippen LogP) is 0.929. The van der Waals surface area contributed by atoms with Gasteiger partial charge in [-0.2, -0.15) is 0 Å². The Morgan fingerprint density at radius 3 is 1.85 bits per heavy atom. The molecule has 3 nitrogen and oxygen atoms in total. The van der Waals surface area contributed by atoms with Gasteiger partial charge in [-0.05, 0) is 45.4 Å². The lowest BCUT2D eigenvalue weighted by Gasteiger charge is -2.01. The van der Waals surface area contributed by atoms with Crippen LogP contribution in [0.2, 0.25) is 0 Å². The third kappa shape index (κ3) is 24.5. The van der Waals surface area contributed by atoms with Gasteiger partial charge in [-0.15, -0.1) is 37.2 Å². The van der Waals surface area contributed by atoms with Crippen LogP contribution in [0.1, 0.15) is 19.3 Å². The van der Waals surface area contributed by atoms with Crippen molar-refractivity contribution in [1.82, 2.24) is 5.32 Å². The normalized spacial score (nSPS) is 7.85. The van der Waals surface area contributed by atoms with Crippen LogP contribution in [0.15, 0.2) is 0 Å². The van der Waals surface area contributed by atoms with Crippen molar-refractivity contribution in [1.29, 1.82) is 0 Å². The first kappa shape index (κ1) is 23.5. The number of rotatable bonds is 7. The summed E-state index contributed by atoms with van der Waals surface area (Å²) in [5.74, 6) is 0. The molecule has 0 spiro atoms. The summed E-state index contributed by atoms with van der Waals surface area (Å²) in [6, 6.07) is 0. The molecular weight excluding hydrogens is 236 g/mol. The van der Waals surface area contributed by atoms with Crippen molar-refractivity contribution in [3.63, 3.8) is 0 Å². The van der Waals surface area contributed by atoms with E-state index < -0.39 is 0 Å². The Bertz CT molecular complexity index is 58.9. The molecule has 5 N–H and O–H groups in total. The van der Waals surface area contributed by atoms with Gasteiger partial charge in [0.15, 0.2) is 0 Å². The topological polar surface area (TPSA) is 64.1 Å². The summed E-state index contributed by atoms with van der Waals surface area (Å²) < 4.78 is 0. The highest BCUT2D eigenvalue weighted by atomic mass is 35.5. The van der Waals surface area contributed by atoms with Gasteiger partial charge in [0, 0.05) is 0 Å². The van der Waals surface area contributed by atoms with E-state index in [0.29, 0.717) is 0 Å². The van der Waals surface area contributed by atoms with E-state index in [2.05, 4.69) is 5.32 Å². The molecule has 0 rings (SSSR count). The van der Waals surface area contributed by atoms with Gasteiger partial charge in [0.2, 0.25) is 0 Å². The van der Waals surface area contributed by atoms with Crippen LogP contribution in [0.3, 0.4) is 0 Å². The van der Waals surface area contributed by atoms with Crippen molar-refractivity contribution in [3.8, 4) is 0 Å². The van der Waals surface area contributed by atoms with Crippen molar-refractivity contribution in [3.05, 3.63) is 0 Å². The standard InChI is InChI=1S/C7H19N3.3ClH/c8-4-1-2-6-10-7-3-5-9;;;/h10H,1-9H2;3*1H/i4+2,5+2;;;. The van der Waals surface area contributed by atoms with E-state index in [1.54, 1.807) is 0 Å². The molecule has 0 aliphatic carbocycles. The molecule has 0 aliphatic heterocycles. The van der Waals surface area contributed by atoms with Crippen LogP contribution in [0.4, 0.5) is 0 Å². The van der Waals surface area contributed by atoms with Crippen LogP contribution in [-0.4, -0.2) is 26.2 Å². The highest BCUT2D eigenvalue weighted by Gasteiger charge is 1.85. The second-order valence-corrected chi connectivity index (χ2v) is 2.39. The van der Waals surface area contributed by atoms with E-state index in [1.807, 2.05) is 0 Å². The Labute approximate surface area is 99.6 Å². The number of halogens is 3. The molecule has 0 saturated carbocycles. The van der Waals surface area contributed by atoms with E-state index in [1.165, 1.54) is 6.42 Å². The summed E-state index contributed by atoms with van der Waals surface area (Å²) in [4.78, 5) is 0. The maximum atomic E-state index is 5.32. The Morgan fingerprint density at radius 2 is 1.38 bits per heavy atom. The molecule has 0 saturated heterocycles. The SMILES string of the molecule is Cl.Cl.Cl.N[14CH2]CCCNCC[14CH2]N. The molecule has 0 aromatic rings. The van der Waals surface area contributed by atoms with Crippen LogP contribution < -0.4 is 16.8 Å². The molecule has 0 unspecified atom stereocenters. The minimum absolute atomic E-state index is 0. The van der Waals surface area contributed by atoms with Crippen molar-refractivity contribution in [2.45, 2.75) is 19.3 Å². The van der Waals surface area contributed by atoms with Gasteiger partial charge < -0.3 is 16.8 Å². The van der Waals surface area contributed by atoms with E-state index >= 15 is 0 Å². The molecule has 0 bridgehead atoms. The van der Waals surface area contributed by atoms with Gasteiger partial charge in [-0.1, -0.05) is 0 Å². The summed E-state index contributed by atoms with van der Waals surface area (Å²) in [6.07, 6.45) is 3.37. The number of unbranched alkanes of at least 4 members (excludes halogenated alkanes) is 1. The third-order valence-corrected chi connectivity index (χ3v) is 1.37. The summed E-state index contributed by atoms with van der Waals surface area (Å²) >= 11 is 0. The van der Waals surface area contributed by atoms with Crippen LogP contribution in [-0.2, 0) is 0 Å². The zero-order valence-electron chi connectivity index (χ0n) is 7.83. The van der Waals surface area contributed by atoms with Gasteiger partial charge in [-0.3, -0.25) is 0 Å². The minimum Gasteiger partial charge on any atom is -0.330 e. The zero-order chi connectivity index (χ0) is 7.66. The molecule has 0 amide bonds. The number of hydrogen-bond acceptors (Lipinski definition) is 3. The van der Waals surface area contributed by atoms with Gasteiger partial charge in [0.05, 0.1) is 0 Å². The minimum atomic E-state index is 0. The van der Waals surface area contributed by atoms with Crippen molar-refractivity contribution in [2.24, 2.45) is 11.5 Å². The fourth-order valence-corrected chi connectivity index (χ4v) is 0.746. The highest BCUT2D eigenvalue weighted by Crippen LogP contribution is 1.81. The molecule has 0 aromatic heterocycles. The smallest absolute Gasteiger partial charge is 0.00369 e. The van der Waals surface area contributed by atoms with E-state index in [-0.39, 0.29) is 37.2 Å². The molecule has 0 fully saturated rings. The molecule has 0 radical (unpaired) electrons. The summed E-state index contributed by atoms with van der Waals surface area (Å²) in [5, 5.41) is 3.29. The van der Waals surface area contributed by atoms with Crippen molar-refractivity contribution >= 4 is 37.2 Å². The number of nitrogens with one attached hydrogen (secondary N) is 1. The fraction of sp³-hybridized carbons (Fsp3) is 1.00. The highest BCUT2D eigenvalue weighted by molar-refractivity contribution is 5.86. The molecule has 0 heterocycles. The molecule has 86 valence electrons. The van der Waals surface area contributed by atoms with Crippen LogP contribution in [0, 0.1) is 0 Å². The Balaban J connectivity index is -0.000000135. The Morgan fingerprint density at radius 1 is 0.846 bits per heavy atom. The first-order valence-corrected chi connectivity index (χ1v) is 4.02. The maximum Gasteiger partial charge on any atom is -0.00369 e. The summed E-state index contributed by atoms with van der Waals surface area (Å²) in [5.41, 5.74) is 10.6. The second kappa shape index (κ2) is 23.0. The molecule has 6 heteroatoms. The predicted molar refractivity (Wildman–Crippen MR) is 66.6 cm³/mol. The van der Waals surface area contributed by atoms with Crippen LogP contribution in [0.5, 0.6) is 0 Å². The van der Waals surface area contributed by atoms with Crippen LogP contribution in [0.25, 0.3) is 0 Å². The molecule has 0 atom stereocenters. The molecule has 0 aliphatic rings. The van der Waals surface area contributed by atoms with Crippen molar-refractivity contribution < 1.29 is 0 Å². The quantitative estimate of drug-likeness (QED) is 0.595. The third-order valence-electron chi connectivity index (χ3n) is 1.37. The molecule has 0 aromatic carbocycles. The van der Waals surface area contributed by atoms with Gasteiger partial charge >= 0.3 is 0 Å². The van der Waals surface area contributed by atoms with Gasteiger partial charge in [0.1, 0.15) is 0 Å². The van der Waals surface area contributed by atoms with Crippen molar-refractivity contribution in [2.75, 3.05) is 26.2 Å². The average Bonchev–Trinajstić information content (AvgIpc) is 1.97. The first-order chi connectivity index (χ1) is 4.91. The lowest BCUT2D eigenvalue weighted by atomic mass is 10.4. The molecule has 13 heavy (non-hydrogen) atoms. The van der Waals surface area contributed by atoms with E-state index in [4.69, 9.17) is 11.5 Å². The van der Waals surface area contributed by atoms with Gasteiger partial charge in [0.25, 0.3) is 0 Å². The largest absolute Gasteiger partial charge is 0.330 e. The second-order valence-electron chi connectivity index (χ2n) is 2.39. The van der Waals surface area contributed by atoms with E-state index in [0.717, 1.165) is 39.0 Å². The monoisotopic (exact) mass is 257 g/mol. The fourth-order valence-electron chi connectivity index (χ4n) is 0.746.